The number of nitrogens with zero attached hydrogens (tertiary/aromatic N) is 2. The van der Waals surface area contributed by atoms with E-state index in [-0.39, 0.29) is 11.9 Å². The Kier molecular flexibility index (Phi) is 5.56. The smallest absolute Gasteiger partial charge is 0.251 e. The molecule has 1 fully saturated rings. The molecule has 5 heteroatoms. The van der Waals surface area contributed by atoms with Crippen LogP contribution in [-0.2, 0) is 0 Å². The van der Waals surface area contributed by atoms with Gasteiger partial charge >= 0.3 is 0 Å². The van der Waals surface area contributed by atoms with Crippen molar-refractivity contribution < 1.29 is 4.79 Å². The quantitative estimate of drug-likeness (QED) is 0.821. The molecule has 3 rings (SSSR count). The van der Waals surface area contributed by atoms with Crippen molar-refractivity contribution in [2.45, 2.75) is 13.0 Å². The van der Waals surface area contributed by atoms with Gasteiger partial charge in [-0.1, -0.05) is 24.3 Å². The highest BCUT2D eigenvalue weighted by Crippen LogP contribution is 2.15. The van der Waals surface area contributed by atoms with Crippen LogP contribution in [0.3, 0.4) is 0 Å². The van der Waals surface area contributed by atoms with Gasteiger partial charge in [0, 0.05) is 55.7 Å². The third-order valence-electron chi connectivity index (χ3n) is 4.55. The van der Waals surface area contributed by atoms with Crippen LogP contribution in [-0.4, -0.2) is 49.6 Å². The van der Waals surface area contributed by atoms with Crippen molar-refractivity contribution >= 4 is 17.3 Å². The zero-order valence-corrected chi connectivity index (χ0v) is 14.7. The Morgan fingerprint density at radius 3 is 2.48 bits per heavy atom. The molecular weight excluding hydrogens is 312 g/mol. The van der Waals surface area contributed by atoms with Crippen molar-refractivity contribution in [3.8, 4) is 0 Å². The molecule has 2 aromatic carbocycles. The summed E-state index contributed by atoms with van der Waals surface area (Å²) >= 11 is 0. The number of carbonyl (C=O) groups is 1. The van der Waals surface area contributed by atoms with Crippen molar-refractivity contribution in [3.05, 3.63) is 60.2 Å². The third kappa shape index (κ3) is 4.73. The Labute approximate surface area is 149 Å². The molecule has 1 saturated heterocycles. The lowest BCUT2D eigenvalue weighted by Crippen LogP contribution is -2.50. The van der Waals surface area contributed by atoms with Gasteiger partial charge in [0.1, 0.15) is 0 Å². The summed E-state index contributed by atoms with van der Waals surface area (Å²) in [5.74, 6) is -0.0669. The second kappa shape index (κ2) is 8.03. The van der Waals surface area contributed by atoms with E-state index >= 15 is 0 Å². The second-order valence-corrected chi connectivity index (χ2v) is 6.62. The lowest BCUT2D eigenvalue weighted by atomic mass is 10.1. The summed E-state index contributed by atoms with van der Waals surface area (Å²) in [7, 11) is 0. The van der Waals surface area contributed by atoms with E-state index in [1.807, 2.05) is 13.0 Å². The Hall–Kier alpha value is -2.53. The first kappa shape index (κ1) is 17.3. The zero-order valence-electron chi connectivity index (χ0n) is 14.7. The van der Waals surface area contributed by atoms with Gasteiger partial charge in [-0.15, -0.1) is 0 Å². The van der Waals surface area contributed by atoms with Crippen molar-refractivity contribution in [2.75, 3.05) is 43.4 Å². The van der Waals surface area contributed by atoms with Crippen LogP contribution in [0.25, 0.3) is 0 Å². The van der Waals surface area contributed by atoms with E-state index in [1.54, 1.807) is 24.3 Å². The molecule has 0 spiro atoms. The number of piperazine rings is 1. The molecule has 0 aliphatic carbocycles. The molecule has 1 aliphatic rings. The average molecular weight is 338 g/mol. The number of nitrogens with one attached hydrogen (secondary N) is 1. The molecule has 132 valence electrons. The minimum Gasteiger partial charge on any atom is -0.399 e. The number of amides is 1. The number of carbonyl (C=O) groups excluding carboxylic acids is 1. The molecule has 5 nitrogen and oxygen atoms in total. The van der Waals surface area contributed by atoms with Gasteiger partial charge in [0.05, 0.1) is 0 Å². The number of rotatable bonds is 5. The molecule has 1 heterocycles. The summed E-state index contributed by atoms with van der Waals surface area (Å²) < 4.78 is 0. The van der Waals surface area contributed by atoms with Gasteiger partial charge in [-0.05, 0) is 37.3 Å². The van der Waals surface area contributed by atoms with Crippen LogP contribution in [0.2, 0.25) is 0 Å². The molecule has 0 bridgehead atoms. The Balaban J connectivity index is 1.46. The topological polar surface area (TPSA) is 61.6 Å². The van der Waals surface area contributed by atoms with Gasteiger partial charge in [-0.2, -0.15) is 0 Å². The van der Waals surface area contributed by atoms with Crippen LogP contribution < -0.4 is 16.0 Å². The Morgan fingerprint density at radius 2 is 1.80 bits per heavy atom. The molecule has 2 aromatic rings. The van der Waals surface area contributed by atoms with E-state index in [0.29, 0.717) is 11.3 Å². The first-order chi connectivity index (χ1) is 12.1. The van der Waals surface area contributed by atoms with Crippen LogP contribution in [0.5, 0.6) is 0 Å². The molecule has 25 heavy (non-hydrogen) atoms. The van der Waals surface area contributed by atoms with Gasteiger partial charge in [0.25, 0.3) is 5.91 Å². The summed E-state index contributed by atoms with van der Waals surface area (Å²) in [5, 5.41) is 3.06. The Bertz CT molecular complexity index is 696. The fourth-order valence-corrected chi connectivity index (χ4v) is 3.25. The molecule has 3 N–H and O–H groups in total. The highest BCUT2D eigenvalue weighted by molar-refractivity contribution is 5.95. The minimum atomic E-state index is -0.0669. The third-order valence-corrected chi connectivity index (χ3v) is 4.55. The van der Waals surface area contributed by atoms with Gasteiger partial charge in [-0.3, -0.25) is 9.69 Å². The molecule has 1 unspecified atom stereocenters. The highest BCUT2D eigenvalue weighted by atomic mass is 16.1. The standard InChI is InChI=1S/C20H26N4O/c1-16(22-20(25)17-6-5-7-18(21)14-17)15-23-10-12-24(13-11-23)19-8-3-2-4-9-19/h2-9,14,16H,10-13,15,21H2,1H3,(H,22,25). The largest absolute Gasteiger partial charge is 0.399 e. The van der Waals surface area contributed by atoms with E-state index in [1.165, 1.54) is 5.69 Å². The van der Waals surface area contributed by atoms with Crippen LogP contribution in [0.15, 0.2) is 54.6 Å². The van der Waals surface area contributed by atoms with E-state index in [4.69, 9.17) is 5.73 Å². The van der Waals surface area contributed by atoms with E-state index in [2.05, 4.69) is 39.4 Å². The maximum absolute atomic E-state index is 12.3. The first-order valence-electron chi connectivity index (χ1n) is 8.80. The monoisotopic (exact) mass is 338 g/mol. The van der Waals surface area contributed by atoms with Crippen molar-refractivity contribution in [1.29, 1.82) is 0 Å². The van der Waals surface area contributed by atoms with Crippen molar-refractivity contribution in [1.82, 2.24) is 10.2 Å². The highest BCUT2D eigenvalue weighted by Gasteiger charge is 2.19. The van der Waals surface area contributed by atoms with Gasteiger partial charge in [-0.25, -0.2) is 0 Å². The van der Waals surface area contributed by atoms with Crippen LogP contribution >= 0.6 is 0 Å². The number of nitrogens with two attached hydrogens (primary N) is 1. The van der Waals surface area contributed by atoms with Crippen LogP contribution in [0, 0.1) is 0 Å². The number of benzene rings is 2. The van der Waals surface area contributed by atoms with Crippen LogP contribution in [0.4, 0.5) is 11.4 Å². The number of nitrogen functional groups attached to an aromatic ring is 1. The maximum atomic E-state index is 12.3. The fraction of sp³-hybridized carbons (Fsp3) is 0.350. The molecule has 0 aromatic heterocycles. The lowest BCUT2D eigenvalue weighted by Gasteiger charge is -2.37. The summed E-state index contributed by atoms with van der Waals surface area (Å²) in [6, 6.07) is 17.7. The fourth-order valence-electron chi connectivity index (χ4n) is 3.25. The summed E-state index contributed by atoms with van der Waals surface area (Å²) in [5.41, 5.74) is 8.25. The molecule has 1 atom stereocenters. The Morgan fingerprint density at radius 1 is 1.08 bits per heavy atom. The van der Waals surface area contributed by atoms with Crippen LogP contribution in [0.1, 0.15) is 17.3 Å². The summed E-state index contributed by atoms with van der Waals surface area (Å²) in [6.07, 6.45) is 0. The van der Waals surface area contributed by atoms with Gasteiger partial charge in [0.2, 0.25) is 0 Å². The second-order valence-electron chi connectivity index (χ2n) is 6.62. The number of para-hydroxylation sites is 1. The predicted molar refractivity (Wildman–Crippen MR) is 103 cm³/mol. The average Bonchev–Trinajstić information content (AvgIpc) is 2.63. The maximum Gasteiger partial charge on any atom is 0.251 e. The number of anilines is 2. The first-order valence-corrected chi connectivity index (χ1v) is 8.80. The van der Waals surface area contributed by atoms with Gasteiger partial charge in [0.15, 0.2) is 0 Å². The lowest BCUT2D eigenvalue weighted by molar-refractivity contribution is 0.0928. The summed E-state index contributed by atoms with van der Waals surface area (Å²) in [4.78, 5) is 17.1. The zero-order chi connectivity index (χ0) is 17.6. The molecule has 1 aliphatic heterocycles. The molecular formula is C20H26N4O. The van der Waals surface area contributed by atoms with E-state index in [9.17, 15) is 4.79 Å². The minimum absolute atomic E-state index is 0.0669. The molecule has 0 radical (unpaired) electrons. The normalized spacial score (nSPS) is 16.4. The van der Waals surface area contributed by atoms with Gasteiger partial charge < -0.3 is 16.0 Å². The predicted octanol–water partition coefficient (Wildman–Crippen LogP) is 2.21. The SMILES string of the molecule is CC(CN1CCN(c2ccccc2)CC1)NC(=O)c1cccc(N)c1. The summed E-state index contributed by atoms with van der Waals surface area (Å²) in [6.45, 7) is 6.95. The molecule has 1 amide bonds. The van der Waals surface area contributed by atoms with E-state index in [0.717, 1.165) is 32.7 Å². The molecule has 0 saturated carbocycles. The van der Waals surface area contributed by atoms with E-state index < -0.39 is 0 Å². The van der Waals surface area contributed by atoms with Crippen molar-refractivity contribution in [3.63, 3.8) is 0 Å². The van der Waals surface area contributed by atoms with Crippen molar-refractivity contribution in [2.24, 2.45) is 0 Å². The number of hydrogen-bond donors (Lipinski definition) is 2. The number of hydrogen-bond acceptors (Lipinski definition) is 4.